The molecule has 2 rings (SSSR count). The second-order valence-electron chi connectivity index (χ2n) is 7.76. The van der Waals surface area contributed by atoms with Crippen molar-refractivity contribution in [2.75, 3.05) is 31.3 Å². The molecule has 0 aliphatic rings. The Labute approximate surface area is 206 Å². The second-order valence-corrected chi connectivity index (χ2v) is 10.1. The van der Waals surface area contributed by atoms with E-state index in [1.807, 2.05) is 19.1 Å². The van der Waals surface area contributed by atoms with Gasteiger partial charge in [-0.25, -0.2) is 8.42 Å². The van der Waals surface area contributed by atoms with Gasteiger partial charge in [0.05, 0.1) is 19.1 Å². The van der Waals surface area contributed by atoms with Crippen molar-refractivity contribution in [3.8, 4) is 5.75 Å². The summed E-state index contributed by atoms with van der Waals surface area (Å²) in [5.74, 6) is -0.108. The van der Waals surface area contributed by atoms with Crippen LogP contribution >= 0.6 is 11.6 Å². The van der Waals surface area contributed by atoms with Crippen molar-refractivity contribution in [2.45, 2.75) is 38.8 Å². The van der Waals surface area contributed by atoms with Gasteiger partial charge in [-0.3, -0.25) is 13.9 Å². The van der Waals surface area contributed by atoms with E-state index in [-0.39, 0.29) is 37.7 Å². The minimum Gasteiger partial charge on any atom is -0.495 e. The summed E-state index contributed by atoms with van der Waals surface area (Å²) in [4.78, 5) is 27.3. The Hall–Kier alpha value is -2.78. The molecule has 0 fully saturated rings. The Morgan fingerprint density at radius 1 is 1.12 bits per heavy atom. The van der Waals surface area contributed by atoms with Crippen LogP contribution < -0.4 is 14.4 Å². The highest BCUT2D eigenvalue weighted by atomic mass is 35.5. The zero-order valence-electron chi connectivity index (χ0n) is 20.0. The summed E-state index contributed by atoms with van der Waals surface area (Å²) in [6, 6.07) is 13.3. The Balaban J connectivity index is 2.23. The number of nitrogens with one attached hydrogen (secondary N) is 1. The fourth-order valence-corrected chi connectivity index (χ4v) is 4.88. The van der Waals surface area contributed by atoms with E-state index in [1.54, 1.807) is 36.4 Å². The number of ether oxygens (including phenoxy) is 1. The summed E-state index contributed by atoms with van der Waals surface area (Å²) in [6.45, 7) is 2.09. The lowest BCUT2D eigenvalue weighted by Crippen LogP contribution is -2.48. The van der Waals surface area contributed by atoms with Crippen molar-refractivity contribution in [3.63, 3.8) is 0 Å². The van der Waals surface area contributed by atoms with Gasteiger partial charge < -0.3 is 15.0 Å². The van der Waals surface area contributed by atoms with Crippen LogP contribution in [0.25, 0.3) is 0 Å². The molecule has 0 heterocycles. The molecule has 0 spiro atoms. The minimum atomic E-state index is -3.61. The number of nitrogens with zero attached hydrogens (tertiary/aromatic N) is 2. The van der Waals surface area contributed by atoms with E-state index in [0.29, 0.717) is 22.9 Å². The first-order valence-corrected chi connectivity index (χ1v) is 13.2. The van der Waals surface area contributed by atoms with Gasteiger partial charge in [0.2, 0.25) is 21.8 Å². The standard InChI is InChI=1S/C24H32ClN3O5S/c1-5-20(24(30)26-2)27(17-18-11-6-7-12-19(18)25)23(29)15-10-16-28(34(4,31)32)21-13-8-9-14-22(21)33-3/h6-9,11-14,20H,5,10,15-17H2,1-4H3,(H,26,30). The molecule has 2 aromatic carbocycles. The van der Waals surface area contributed by atoms with Crippen molar-refractivity contribution in [1.29, 1.82) is 0 Å². The van der Waals surface area contributed by atoms with Gasteiger partial charge >= 0.3 is 0 Å². The van der Waals surface area contributed by atoms with E-state index in [4.69, 9.17) is 16.3 Å². The van der Waals surface area contributed by atoms with E-state index in [2.05, 4.69) is 5.32 Å². The van der Waals surface area contributed by atoms with E-state index >= 15 is 0 Å². The number of benzene rings is 2. The number of para-hydroxylation sites is 2. The molecule has 1 unspecified atom stereocenters. The Morgan fingerprint density at radius 2 is 1.76 bits per heavy atom. The predicted octanol–water partition coefficient (Wildman–Crippen LogP) is 3.45. The average molecular weight is 510 g/mol. The van der Waals surface area contributed by atoms with Crippen molar-refractivity contribution in [1.82, 2.24) is 10.2 Å². The highest BCUT2D eigenvalue weighted by Crippen LogP contribution is 2.30. The van der Waals surface area contributed by atoms with Crippen LogP contribution in [0.2, 0.25) is 5.02 Å². The monoisotopic (exact) mass is 509 g/mol. The minimum absolute atomic E-state index is 0.0547. The van der Waals surface area contributed by atoms with Gasteiger partial charge in [0.1, 0.15) is 11.8 Å². The number of anilines is 1. The maximum Gasteiger partial charge on any atom is 0.242 e. The first-order valence-electron chi connectivity index (χ1n) is 11.0. The van der Waals surface area contributed by atoms with Crippen molar-refractivity contribution in [2.24, 2.45) is 0 Å². The van der Waals surface area contributed by atoms with Crippen LogP contribution in [0.3, 0.4) is 0 Å². The van der Waals surface area contributed by atoms with Crippen LogP contribution in [0, 0.1) is 0 Å². The Morgan fingerprint density at radius 3 is 2.35 bits per heavy atom. The third-order valence-electron chi connectivity index (χ3n) is 5.44. The topological polar surface area (TPSA) is 96.0 Å². The maximum absolute atomic E-state index is 13.3. The summed E-state index contributed by atoms with van der Waals surface area (Å²) < 4.78 is 31.5. The fraction of sp³-hybridized carbons (Fsp3) is 0.417. The molecular formula is C24H32ClN3O5S. The third kappa shape index (κ3) is 7.11. The number of likely N-dealkylation sites (N-methyl/N-ethyl adjacent to an activating group) is 1. The maximum atomic E-state index is 13.3. The molecule has 1 N–H and O–H groups in total. The Kier molecular flexibility index (Phi) is 10.2. The molecule has 186 valence electrons. The number of halogens is 1. The molecule has 1 atom stereocenters. The van der Waals surface area contributed by atoms with Crippen molar-refractivity contribution >= 4 is 39.1 Å². The number of carbonyl (C=O) groups is 2. The summed E-state index contributed by atoms with van der Waals surface area (Å²) in [7, 11) is -0.615. The predicted molar refractivity (Wildman–Crippen MR) is 135 cm³/mol. The van der Waals surface area contributed by atoms with Gasteiger partial charge in [0.15, 0.2) is 0 Å². The smallest absolute Gasteiger partial charge is 0.242 e. The summed E-state index contributed by atoms with van der Waals surface area (Å²) >= 11 is 6.30. The molecular weight excluding hydrogens is 478 g/mol. The van der Waals surface area contributed by atoms with Gasteiger partial charge in [-0.2, -0.15) is 0 Å². The van der Waals surface area contributed by atoms with Gasteiger partial charge in [-0.15, -0.1) is 0 Å². The average Bonchev–Trinajstić information content (AvgIpc) is 2.81. The number of hydrogen-bond donors (Lipinski definition) is 1. The van der Waals surface area contributed by atoms with Crippen LogP contribution in [0.15, 0.2) is 48.5 Å². The van der Waals surface area contributed by atoms with Gasteiger partial charge in [0, 0.05) is 31.6 Å². The molecule has 0 aliphatic carbocycles. The lowest BCUT2D eigenvalue weighted by molar-refractivity contribution is -0.141. The molecule has 2 amide bonds. The highest BCUT2D eigenvalue weighted by molar-refractivity contribution is 7.92. The first kappa shape index (κ1) is 27.5. The molecule has 8 nitrogen and oxygen atoms in total. The second kappa shape index (κ2) is 12.6. The largest absolute Gasteiger partial charge is 0.495 e. The van der Waals surface area contributed by atoms with Gasteiger partial charge in [-0.1, -0.05) is 48.9 Å². The lowest BCUT2D eigenvalue weighted by Gasteiger charge is -2.31. The zero-order valence-corrected chi connectivity index (χ0v) is 21.5. The zero-order chi connectivity index (χ0) is 25.3. The Bertz CT molecular complexity index is 1090. The van der Waals surface area contributed by atoms with Crippen LogP contribution in [0.4, 0.5) is 5.69 Å². The lowest BCUT2D eigenvalue weighted by atomic mass is 10.1. The molecule has 0 saturated carbocycles. The van der Waals surface area contributed by atoms with Crippen LogP contribution in [0.5, 0.6) is 5.75 Å². The van der Waals surface area contributed by atoms with E-state index < -0.39 is 16.1 Å². The van der Waals surface area contributed by atoms with E-state index in [0.717, 1.165) is 11.8 Å². The van der Waals surface area contributed by atoms with Gasteiger partial charge in [0.25, 0.3) is 0 Å². The van der Waals surface area contributed by atoms with E-state index in [9.17, 15) is 18.0 Å². The van der Waals surface area contributed by atoms with Crippen LogP contribution in [-0.2, 0) is 26.2 Å². The first-order chi connectivity index (χ1) is 16.1. The molecule has 0 aromatic heterocycles. The van der Waals surface area contributed by atoms with Crippen molar-refractivity contribution in [3.05, 3.63) is 59.1 Å². The quantitative estimate of drug-likeness (QED) is 0.472. The number of methoxy groups -OCH3 is 1. The molecule has 0 saturated heterocycles. The third-order valence-corrected chi connectivity index (χ3v) is 6.99. The number of amides is 2. The van der Waals surface area contributed by atoms with Crippen LogP contribution in [-0.4, -0.2) is 58.1 Å². The van der Waals surface area contributed by atoms with E-state index in [1.165, 1.54) is 23.4 Å². The van der Waals surface area contributed by atoms with Crippen LogP contribution in [0.1, 0.15) is 31.7 Å². The van der Waals surface area contributed by atoms with Crippen molar-refractivity contribution < 1.29 is 22.7 Å². The fourth-order valence-electron chi connectivity index (χ4n) is 3.71. The number of carbonyl (C=O) groups excluding carboxylic acids is 2. The van der Waals surface area contributed by atoms with Gasteiger partial charge in [-0.05, 0) is 36.6 Å². The number of hydrogen-bond acceptors (Lipinski definition) is 5. The molecule has 34 heavy (non-hydrogen) atoms. The molecule has 0 radical (unpaired) electrons. The molecule has 10 heteroatoms. The normalized spacial score (nSPS) is 12.0. The number of sulfonamides is 1. The summed E-state index contributed by atoms with van der Waals surface area (Å²) in [6.07, 6.45) is 1.85. The summed E-state index contributed by atoms with van der Waals surface area (Å²) in [5, 5.41) is 3.12. The number of rotatable bonds is 12. The molecule has 0 aliphatic heterocycles. The SMILES string of the molecule is CCC(C(=O)NC)N(Cc1ccccc1Cl)C(=O)CCCN(c1ccccc1OC)S(C)(=O)=O. The molecule has 2 aromatic rings. The summed E-state index contributed by atoms with van der Waals surface area (Å²) in [5.41, 5.74) is 1.14. The highest BCUT2D eigenvalue weighted by Gasteiger charge is 2.29. The molecule has 0 bridgehead atoms.